The average molecular weight is 230 g/mol. The summed E-state index contributed by atoms with van der Waals surface area (Å²) in [6, 6.07) is 8.77. The molecule has 0 aromatic heterocycles. The highest BCUT2D eigenvalue weighted by Crippen LogP contribution is 2.32. The molecule has 1 aromatic carbocycles. The van der Waals surface area contributed by atoms with E-state index in [0.29, 0.717) is 5.92 Å². The van der Waals surface area contributed by atoms with Gasteiger partial charge in [-0.25, -0.2) is 0 Å². The minimum atomic E-state index is 0.691. The van der Waals surface area contributed by atoms with E-state index in [1.54, 1.807) is 0 Å². The Balaban J connectivity index is 1.67. The van der Waals surface area contributed by atoms with Crippen molar-refractivity contribution in [2.75, 3.05) is 31.5 Å². The molecule has 92 valence electrons. The van der Waals surface area contributed by atoms with Crippen molar-refractivity contribution in [2.24, 2.45) is 5.92 Å². The molecule has 1 N–H and O–H groups in total. The van der Waals surface area contributed by atoms with Crippen molar-refractivity contribution in [3.8, 4) is 0 Å². The minimum absolute atomic E-state index is 0.691. The van der Waals surface area contributed by atoms with Crippen LogP contribution in [0, 0.1) is 5.92 Å². The molecule has 2 atom stereocenters. The lowest BCUT2D eigenvalue weighted by Crippen LogP contribution is -2.37. The standard InChI is InChI=1S/C15H22N2/c1-12-5-4-8-17(10-12)11-13-9-16-15-7-3-2-6-14(13)15/h2-3,6-7,12-13,16H,4-5,8-11H2,1H3. The molecular weight excluding hydrogens is 208 g/mol. The smallest absolute Gasteiger partial charge is 0.0376 e. The molecule has 0 radical (unpaired) electrons. The summed E-state index contributed by atoms with van der Waals surface area (Å²) < 4.78 is 0. The summed E-state index contributed by atoms with van der Waals surface area (Å²) in [6.45, 7) is 7.31. The van der Waals surface area contributed by atoms with Crippen LogP contribution in [0.25, 0.3) is 0 Å². The minimum Gasteiger partial charge on any atom is -0.384 e. The Labute approximate surface area is 104 Å². The number of anilines is 1. The quantitative estimate of drug-likeness (QED) is 0.840. The molecule has 2 heterocycles. The third-order valence-corrected chi connectivity index (χ3v) is 4.16. The van der Waals surface area contributed by atoms with Crippen molar-refractivity contribution >= 4 is 5.69 Å². The van der Waals surface area contributed by atoms with Crippen LogP contribution in [0.5, 0.6) is 0 Å². The van der Waals surface area contributed by atoms with Crippen LogP contribution in [-0.4, -0.2) is 31.1 Å². The zero-order valence-electron chi connectivity index (χ0n) is 10.7. The van der Waals surface area contributed by atoms with Gasteiger partial charge in [0.1, 0.15) is 0 Å². The first-order valence-corrected chi connectivity index (χ1v) is 6.88. The van der Waals surface area contributed by atoms with E-state index in [0.717, 1.165) is 12.5 Å². The lowest BCUT2D eigenvalue weighted by atomic mass is 9.96. The molecule has 0 amide bonds. The van der Waals surface area contributed by atoms with Gasteiger partial charge in [0.05, 0.1) is 0 Å². The van der Waals surface area contributed by atoms with E-state index in [2.05, 4.69) is 41.4 Å². The van der Waals surface area contributed by atoms with E-state index in [9.17, 15) is 0 Å². The van der Waals surface area contributed by atoms with Crippen LogP contribution in [-0.2, 0) is 0 Å². The molecule has 3 rings (SSSR count). The Kier molecular flexibility index (Phi) is 3.06. The van der Waals surface area contributed by atoms with Crippen LogP contribution >= 0.6 is 0 Å². The van der Waals surface area contributed by atoms with Gasteiger partial charge in [-0.3, -0.25) is 0 Å². The largest absolute Gasteiger partial charge is 0.384 e. The number of fused-ring (bicyclic) bond motifs is 1. The summed E-state index contributed by atoms with van der Waals surface area (Å²) in [4.78, 5) is 2.66. The van der Waals surface area contributed by atoms with E-state index < -0.39 is 0 Å². The molecule has 0 saturated carbocycles. The first-order valence-electron chi connectivity index (χ1n) is 6.88. The molecule has 17 heavy (non-hydrogen) atoms. The summed E-state index contributed by atoms with van der Waals surface area (Å²) in [5, 5.41) is 3.52. The first-order chi connectivity index (χ1) is 8.33. The van der Waals surface area contributed by atoms with E-state index in [1.165, 1.54) is 43.7 Å². The van der Waals surface area contributed by atoms with E-state index in [4.69, 9.17) is 0 Å². The second kappa shape index (κ2) is 4.69. The SMILES string of the molecule is CC1CCCN(CC2CNc3ccccc32)C1. The molecule has 2 unspecified atom stereocenters. The maximum atomic E-state index is 3.52. The van der Waals surface area contributed by atoms with Crippen LogP contribution in [0.2, 0.25) is 0 Å². The maximum absolute atomic E-state index is 3.52. The van der Waals surface area contributed by atoms with Crippen molar-refractivity contribution in [1.82, 2.24) is 4.90 Å². The molecule has 0 aliphatic carbocycles. The number of para-hydroxylation sites is 1. The fourth-order valence-corrected chi connectivity index (χ4v) is 3.28. The number of hydrogen-bond donors (Lipinski definition) is 1. The summed E-state index contributed by atoms with van der Waals surface area (Å²) in [5.41, 5.74) is 2.87. The van der Waals surface area contributed by atoms with Crippen molar-refractivity contribution in [1.29, 1.82) is 0 Å². The lowest BCUT2D eigenvalue weighted by molar-refractivity contribution is 0.176. The zero-order chi connectivity index (χ0) is 11.7. The Morgan fingerprint density at radius 1 is 1.35 bits per heavy atom. The van der Waals surface area contributed by atoms with E-state index >= 15 is 0 Å². The number of nitrogens with one attached hydrogen (secondary N) is 1. The monoisotopic (exact) mass is 230 g/mol. The molecule has 1 aromatic rings. The van der Waals surface area contributed by atoms with Gasteiger partial charge in [-0.1, -0.05) is 25.1 Å². The fourth-order valence-electron chi connectivity index (χ4n) is 3.28. The van der Waals surface area contributed by atoms with Crippen molar-refractivity contribution in [2.45, 2.75) is 25.7 Å². The number of benzene rings is 1. The van der Waals surface area contributed by atoms with Gasteiger partial charge < -0.3 is 10.2 Å². The van der Waals surface area contributed by atoms with E-state index in [1.807, 2.05) is 0 Å². The number of piperidine rings is 1. The highest BCUT2D eigenvalue weighted by molar-refractivity contribution is 5.57. The van der Waals surface area contributed by atoms with Crippen molar-refractivity contribution < 1.29 is 0 Å². The summed E-state index contributed by atoms with van der Waals surface area (Å²) in [6.07, 6.45) is 2.79. The third-order valence-electron chi connectivity index (χ3n) is 4.16. The van der Waals surface area contributed by atoms with Gasteiger partial charge in [0, 0.05) is 31.2 Å². The number of hydrogen-bond acceptors (Lipinski definition) is 2. The topological polar surface area (TPSA) is 15.3 Å². The molecule has 1 saturated heterocycles. The molecular formula is C15H22N2. The molecule has 2 nitrogen and oxygen atoms in total. The normalized spacial score (nSPS) is 28.8. The van der Waals surface area contributed by atoms with Crippen LogP contribution in [0.15, 0.2) is 24.3 Å². The van der Waals surface area contributed by atoms with E-state index in [-0.39, 0.29) is 0 Å². The predicted molar refractivity (Wildman–Crippen MR) is 72.5 cm³/mol. The van der Waals surface area contributed by atoms with Gasteiger partial charge in [-0.15, -0.1) is 0 Å². The number of rotatable bonds is 2. The van der Waals surface area contributed by atoms with Crippen LogP contribution < -0.4 is 5.32 Å². The van der Waals surface area contributed by atoms with Gasteiger partial charge in [-0.05, 0) is 36.9 Å². The van der Waals surface area contributed by atoms with Crippen molar-refractivity contribution in [3.05, 3.63) is 29.8 Å². The van der Waals surface area contributed by atoms with Crippen molar-refractivity contribution in [3.63, 3.8) is 0 Å². The number of likely N-dealkylation sites (tertiary alicyclic amines) is 1. The molecule has 0 bridgehead atoms. The Bertz CT molecular complexity index is 388. The van der Waals surface area contributed by atoms with Gasteiger partial charge in [0.2, 0.25) is 0 Å². The number of nitrogens with zero attached hydrogens (tertiary/aromatic N) is 1. The fraction of sp³-hybridized carbons (Fsp3) is 0.600. The molecule has 2 aliphatic rings. The highest BCUT2D eigenvalue weighted by atomic mass is 15.1. The predicted octanol–water partition coefficient (Wildman–Crippen LogP) is 2.93. The third kappa shape index (κ3) is 2.32. The second-order valence-electron chi connectivity index (χ2n) is 5.67. The molecule has 0 spiro atoms. The van der Waals surface area contributed by atoms with Crippen LogP contribution in [0.4, 0.5) is 5.69 Å². The van der Waals surface area contributed by atoms with Gasteiger partial charge in [0.15, 0.2) is 0 Å². The Morgan fingerprint density at radius 3 is 3.12 bits per heavy atom. The summed E-state index contributed by atoms with van der Waals surface area (Å²) in [7, 11) is 0. The zero-order valence-corrected chi connectivity index (χ0v) is 10.7. The summed E-state index contributed by atoms with van der Waals surface area (Å²) >= 11 is 0. The molecule has 2 heteroatoms. The lowest BCUT2D eigenvalue weighted by Gasteiger charge is -2.32. The Hall–Kier alpha value is -1.02. The average Bonchev–Trinajstić information content (AvgIpc) is 2.73. The maximum Gasteiger partial charge on any atom is 0.0376 e. The van der Waals surface area contributed by atoms with Crippen LogP contribution in [0.3, 0.4) is 0 Å². The first kappa shape index (κ1) is 11.1. The highest BCUT2D eigenvalue weighted by Gasteiger charge is 2.25. The van der Waals surface area contributed by atoms with Gasteiger partial charge >= 0.3 is 0 Å². The van der Waals surface area contributed by atoms with Gasteiger partial charge in [0.25, 0.3) is 0 Å². The van der Waals surface area contributed by atoms with Crippen LogP contribution in [0.1, 0.15) is 31.2 Å². The molecule has 2 aliphatic heterocycles. The van der Waals surface area contributed by atoms with Gasteiger partial charge in [-0.2, -0.15) is 0 Å². The Morgan fingerprint density at radius 2 is 2.24 bits per heavy atom. The second-order valence-corrected chi connectivity index (χ2v) is 5.67. The molecule has 1 fully saturated rings. The summed E-state index contributed by atoms with van der Waals surface area (Å²) in [5.74, 6) is 1.57.